The number of amides is 1. The van der Waals surface area contributed by atoms with Crippen LogP contribution in [-0.2, 0) is 4.79 Å². The molecule has 1 amide bonds. The summed E-state index contributed by atoms with van der Waals surface area (Å²) in [4.78, 5) is 15.8. The first-order chi connectivity index (χ1) is 8.22. The molecule has 88 valence electrons. The Kier molecular flexibility index (Phi) is 3.23. The van der Waals surface area contributed by atoms with E-state index in [1.807, 2.05) is 25.1 Å². The van der Waals surface area contributed by atoms with Crippen LogP contribution in [0.1, 0.15) is 19.8 Å². The molecule has 17 heavy (non-hydrogen) atoms. The molecule has 4 heteroatoms. The maximum Gasteiger partial charge on any atom is 0.224 e. The first kappa shape index (κ1) is 11.4. The highest BCUT2D eigenvalue weighted by Gasteiger charge is 2.07. The van der Waals surface area contributed by atoms with E-state index < -0.39 is 0 Å². The van der Waals surface area contributed by atoms with Crippen molar-refractivity contribution in [3.8, 4) is 0 Å². The van der Waals surface area contributed by atoms with Crippen LogP contribution >= 0.6 is 0 Å². The molecule has 1 heterocycles. The highest BCUT2D eigenvalue weighted by molar-refractivity contribution is 6.04. The number of nitrogens with two attached hydrogens (primary N) is 1. The summed E-state index contributed by atoms with van der Waals surface area (Å²) < 4.78 is 0. The van der Waals surface area contributed by atoms with E-state index in [2.05, 4.69) is 10.3 Å². The van der Waals surface area contributed by atoms with Gasteiger partial charge in [0.05, 0.1) is 16.9 Å². The van der Waals surface area contributed by atoms with Gasteiger partial charge in [0.1, 0.15) is 0 Å². The zero-order valence-corrected chi connectivity index (χ0v) is 9.73. The Morgan fingerprint density at radius 3 is 3.00 bits per heavy atom. The number of pyridine rings is 1. The quantitative estimate of drug-likeness (QED) is 0.795. The number of hydrogen-bond acceptors (Lipinski definition) is 3. The third-order valence-electron chi connectivity index (χ3n) is 2.55. The summed E-state index contributed by atoms with van der Waals surface area (Å²) in [7, 11) is 0. The Balaban J connectivity index is 2.41. The molecule has 3 N–H and O–H groups in total. The largest absolute Gasteiger partial charge is 0.397 e. The molecule has 1 aromatic heterocycles. The Bertz CT molecular complexity index is 551. The average molecular weight is 229 g/mol. The summed E-state index contributed by atoms with van der Waals surface area (Å²) in [6.45, 7) is 1.97. The molecule has 1 aromatic carbocycles. The Morgan fingerprint density at radius 1 is 1.41 bits per heavy atom. The van der Waals surface area contributed by atoms with Crippen molar-refractivity contribution in [2.45, 2.75) is 19.8 Å². The molecule has 0 aliphatic heterocycles. The van der Waals surface area contributed by atoms with Gasteiger partial charge >= 0.3 is 0 Å². The summed E-state index contributed by atoms with van der Waals surface area (Å²) in [5.74, 6) is 0.0161. The van der Waals surface area contributed by atoms with Gasteiger partial charge in [-0.05, 0) is 30.7 Å². The lowest BCUT2D eigenvalue weighted by molar-refractivity contribution is -0.116. The van der Waals surface area contributed by atoms with E-state index in [1.165, 1.54) is 0 Å². The number of carbonyl (C=O) groups is 1. The number of carbonyl (C=O) groups excluding carboxylic acids is 1. The van der Waals surface area contributed by atoms with Gasteiger partial charge in [0.2, 0.25) is 5.91 Å². The molecular weight excluding hydrogens is 214 g/mol. The van der Waals surface area contributed by atoms with Crippen LogP contribution in [0.25, 0.3) is 10.9 Å². The fraction of sp³-hybridized carbons (Fsp3) is 0.231. The van der Waals surface area contributed by atoms with Gasteiger partial charge < -0.3 is 11.1 Å². The zero-order chi connectivity index (χ0) is 12.3. The minimum Gasteiger partial charge on any atom is -0.397 e. The predicted molar refractivity (Wildman–Crippen MR) is 69.7 cm³/mol. The van der Waals surface area contributed by atoms with Crippen molar-refractivity contribution >= 4 is 28.2 Å². The number of anilines is 2. The van der Waals surface area contributed by atoms with Gasteiger partial charge in [0.25, 0.3) is 0 Å². The average Bonchev–Trinajstić information content (AvgIpc) is 2.34. The number of aromatic nitrogens is 1. The number of benzene rings is 1. The lowest BCUT2D eigenvalue weighted by atomic mass is 10.1. The molecule has 0 aliphatic carbocycles. The molecule has 2 rings (SSSR count). The number of nitrogen functional groups attached to an aromatic ring is 1. The number of fused-ring (bicyclic) bond motifs is 1. The Morgan fingerprint density at radius 2 is 2.24 bits per heavy atom. The van der Waals surface area contributed by atoms with Crippen LogP contribution in [0.4, 0.5) is 11.4 Å². The van der Waals surface area contributed by atoms with Crippen LogP contribution in [0.2, 0.25) is 0 Å². The van der Waals surface area contributed by atoms with Crippen molar-refractivity contribution < 1.29 is 4.79 Å². The fourth-order valence-electron chi connectivity index (χ4n) is 1.74. The highest BCUT2D eigenvalue weighted by atomic mass is 16.1. The number of hydrogen-bond donors (Lipinski definition) is 2. The molecule has 0 aliphatic rings. The summed E-state index contributed by atoms with van der Waals surface area (Å²) in [6.07, 6.45) is 3.04. The second-order valence-electron chi connectivity index (χ2n) is 3.90. The van der Waals surface area contributed by atoms with E-state index in [4.69, 9.17) is 5.73 Å². The summed E-state index contributed by atoms with van der Waals surface area (Å²) in [5, 5.41) is 3.75. The Labute approximate surface area is 99.8 Å². The van der Waals surface area contributed by atoms with E-state index in [-0.39, 0.29) is 5.91 Å². The summed E-state index contributed by atoms with van der Waals surface area (Å²) in [5.41, 5.74) is 7.95. The summed E-state index contributed by atoms with van der Waals surface area (Å²) in [6, 6.07) is 7.31. The van der Waals surface area contributed by atoms with E-state index >= 15 is 0 Å². The maximum absolute atomic E-state index is 11.6. The van der Waals surface area contributed by atoms with Crippen LogP contribution < -0.4 is 11.1 Å². The van der Waals surface area contributed by atoms with Gasteiger partial charge in [0.15, 0.2) is 0 Å². The van der Waals surface area contributed by atoms with Gasteiger partial charge in [-0.25, -0.2) is 0 Å². The molecule has 0 atom stereocenters. The molecule has 0 spiro atoms. The van der Waals surface area contributed by atoms with E-state index in [9.17, 15) is 4.79 Å². The molecule has 0 saturated heterocycles. The summed E-state index contributed by atoms with van der Waals surface area (Å²) >= 11 is 0. The van der Waals surface area contributed by atoms with Gasteiger partial charge in [-0.15, -0.1) is 0 Å². The van der Waals surface area contributed by atoms with E-state index in [0.717, 1.165) is 23.0 Å². The highest BCUT2D eigenvalue weighted by Crippen LogP contribution is 2.26. The second-order valence-corrected chi connectivity index (χ2v) is 3.90. The van der Waals surface area contributed by atoms with Gasteiger partial charge in [-0.1, -0.05) is 6.92 Å². The Hall–Kier alpha value is -2.10. The predicted octanol–water partition coefficient (Wildman–Crippen LogP) is 2.56. The van der Waals surface area contributed by atoms with Crippen molar-refractivity contribution in [3.05, 3.63) is 30.5 Å². The van der Waals surface area contributed by atoms with Crippen molar-refractivity contribution in [1.29, 1.82) is 0 Å². The zero-order valence-electron chi connectivity index (χ0n) is 9.73. The van der Waals surface area contributed by atoms with Gasteiger partial charge in [0, 0.05) is 18.0 Å². The van der Waals surface area contributed by atoms with Crippen LogP contribution in [-0.4, -0.2) is 10.9 Å². The van der Waals surface area contributed by atoms with Crippen LogP contribution in [0.15, 0.2) is 30.5 Å². The number of nitrogens with zero attached hydrogens (tertiary/aromatic N) is 1. The second kappa shape index (κ2) is 4.82. The van der Waals surface area contributed by atoms with E-state index in [0.29, 0.717) is 12.1 Å². The third-order valence-corrected chi connectivity index (χ3v) is 2.55. The smallest absolute Gasteiger partial charge is 0.224 e. The number of rotatable bonds is 3. The molecule has 0 unspecified atom stereocenters. The molecular formula is C13H15N3O. The topological polar surface area (TPSA) is 68.0 Å². The maximum atomic E-state index is 11.6. The monoisotopic (exact) mass is 229 g/mol. The molecule has 2 aromatic rings. The lowest BCUT2D eigenvalue weighted by Crippen LogP contribution is -2.11. The van der Waals surface area contributed by atoms with Crippen molar-refractivity contribution in [2.24, 2.45) is 0 Å². The SMILES string of the molecule is CCCC(=O)Nc1ccc(N)c2ncccc12. The normalized spacial score (nSPS) is 10.4. The van der Waals surface area contributed by atoms with Crippen molar-refractivity contribution in [3.63, 3.8) is 0 Å². The molecule has 0 fully saturated rings. The first-order valence-electron chi connectivity index (χ1n) is 5.65. The third kappa shape index (κ3) is 2.36. The van der Waals surface area contributed by atoms with Crippen LogP contribution in [0, 0.1) is 0 Å². The van der Waals surface area contributed by atoms with Crippen LogP contribution in [0.5, 0.6) is 0 Å². The minimum absolute atomic E-state index is 0.0161. The fourth-order valence-corrected chi connectivity index (χ4v) is 1.74. The van der Waals surface area contributed by atoms with E-state index in [1.54, 1.807) is 12.3 Å². The molecule has 0 radical (unpaired) electrons. The van der Waals surface area contributed by atoms with Crippen molar-refractivity contribution in [2.75, 3.05) is 11.1 Å². The molecule has 0 bridgehead atoms. The minimum atomic E-state index is 0.0161. The molecule has 0 saturated carbocycles. The lowest BCUT2D eigenvalue weighted by Gasteiger charge is -2.09. The first-order valence-corrected chi connectivity index (χ1v) is 5.65. The van der Waals surface area contributed by atoms with Crippen LogP contribution in [0.3, 0.4) is 0 Å². The van der Waals surface area contributed by atoms with Gasteiger partial charge in [-0.2, -0.15) is 0 Å². The van der Waals surface area contributed by atoms with Gasteiger partial charge in [-0.3, -0.25) is 9.78 Å². The molecule has 4 nitrogen and oxygen atoms in total. The standard InChI is InChI=1S/C13H15N3O/c1-2-4-12(17)16-11-7-6-10(14)13-9(11)5-3-8-15-13/h3,5-8H,2,4,14H2,1H3,(H,16,17). The number of nitrogens with one attached hydrogen (secondary N) is 1. The van der Waals surface area contributed by atoms with Crippen molar-refractivity contribution in [1.82, 2.24) is 4.98 Å².